The Hall–Kier alpha value is -2.04. The van der Waals surface area contributed by atoms with Gasteiger partial charge in [0.05, 0.1) is 6.04 Å². The van der Waals surface area contributed by atoms with Gasteiger partial charge in [-0.25, -0.2) is 0 Å². The molecule has 1 amide bonds. The van der Waals surface area contributed by atoms with E-state index in [-0.39, 0.29) is 5.92 Å². The molecule has 1 saturated carbocycles. The number of likely N-dealkylation sites (tertiary alicyclic amines) is 1. The number of carbonyl (C=O) groups is 1. The smallest absolute Gasteiger partial charge is 0.225 e. The molecule has 2 aliphatic rings. The molecule has 24 heavy (non-hydrogen) atoms. The standard InChI is InChI=1S/C19H26N4O/c24-19(16-6-8-17(9-7-16)21-11-1-2-12-21)22-13-3-5-18(15-22)23-14-4-10-20-23/h1-2,4,10-12,14,16-18H,3,5-9,13,15H2/t16?,17?,18-/m0/s1. The van der Waals surface area contributed by atoms with Gasteiger partial charge in [-0.15, -0.1) is 0 Å². The summed E-state index contributed by atoms with van der Waals surface area (Å²) in [5.41, 5.74) is 0. The molecule has 5 nitrogen and oxygen atoms in total. The van der Waals surface area contributed by atoms with Crippen LogP contribution in [0.15, 0.2) is 43.0 Å². The second-order valence-electron chi connectivity index (χ2n) is 7.20. The monoisotopic (exact) mass is 326 g/mol. The highest BCUT2D eigenvalue weighted by Crippen LogP contribution is 2.34. The van der Waals surface area contributed by atoms with Crippen molar-refractivity contribution in [3.8, 4) is 0 Å². The quantitative estimate of drug-likeness (QED) is 0.869. The van der Waals surface area contributed by atoms with E-state index in [0.717, 1.165) is 51.6 Å². The maximum Gasteiger partial charge on any atom is 0.225 e. The van der Waals surface area contributed by atoms with Gasteiger partial charge in [0.15, 0.2) is 0 Å². The summed E-state index contributed by atoms with van der Waals surface area (Å²) < 4.78 is 4.32. The first kappa shape index (κ1) is 15.5. The number of hydrogen-bond donors (Lipinski definition) is 0. The van der Waals surface area contributed by atoms with E-state index in [1.807, 2.05) is 23.1 Å². The highest BCUT2D eigenvalue weighted by molar-refractivity contribution is 5.79. The Kier molecular flexibility index (Phi) is 4.41. The molecule has 0 spiro atoms. The third kappa shape index (κ3) is 3.12. The molecule has 0 bridgehead atoms. The average molecular weight is 326 g/mol. The molecule has 1 aliphatic carbocycles. The van der Waals surface area contributed by atoms with E-state index in [1.165, 1.54) is 0 Å². The number of carbonyl (C=O) groups excluding carboxylic acids is 1. The Balaban J connectivity index is 1.34. The molecule has 0 aromatic carbocycles. The largest absolute Gasteiger partial charge is 0.351 e. The summed E-state index contributed by atoms with van der Waals surface area (Å²) in [7, 11) is 0. The zero-order valence-corrected chi connectivity index (χ0v) is 14.1. The number of aromatic nitrogens is 3. The van der Waals surface area contributed by atoms with Gasteiger partial charge in [0.2, 0.25) is 5.91 Å². The maximum absolute atomic E-state index is 13.0. The fourth-order valence-corrected chi connectivity index (χ4v) is 4.34. The fraction of sp³-hybridized carbons (Fsp3) is 0.579. The van der Waals surface area contributed by atoms with Crippen molar-refractivity contribution in [2.75, 3.05) is 13.1 Å². The molecular weight excluding hydrogens is 300 g/mol. The van der Waals surface area contributed by atoms with Crippen LogP contribution in [0.3, 0.4) is 0 Å². The third-order valence-electron chi connectivity index (χ3n) is 5.70. The van der Waals surface area contributed by atoms with E-state index >= 15 is 0 Å². The van der Waals surface area contributed by atoms with Gasteiger partial charge in [0, 0.05) is 49.8 Å². The van der Waals surface area contributed by atoms with Crippen molar-refractivity contribution in [1.82, 2.24) is 19.2 Å². The van der Waals surface area contributed by atoms with Crippen LogP contribution in [0.4, 0.5) is 0 Å². The Morgan fingerprint density at radius 2 is 1.71 bits per heavy atom. The highest BCUT2D eigenvalue weighted by Gasteiger charge is 2.32. The lowest BCUT2D eigenvalue weighted by molar-refractivity contribution is -0.138. The first-order valence-electron chi connectivity index (χ1n) is 9.21. The third-order valence-corrected chi connectivity index (χ3v) is 5.70. The van der Waals surface area contributed by atoms with Crippen molar-refractivity contribution in [1.29, 1.82) is 0 Å². The van der Waals surface area contributed by atoms with Crippen LogP contribution in [0.5, 0.6) is 0 Å². The average Bonchev–Trinajstić information content (AvgIpc) is 3.35. The summed E-state index contributed by atoms with van der Waals surface area (Å²) in [5.74, 6) is 0.589. The molecule has 1 aliphatic heterocycles. The molecule has 2 fully saturated rings. The summed E-state index contributed by atoms with van der Waals surface area (Å²) in [6.07, 6.45) is 14.6. The predicted molar refractivity (Wildman–Crippen MR) is 92.5 cm³/mol. The summed E-state index contributed by atoms with van der Waals surface area (Å²) in [6, 6.07) is 7.04. The summed E-state index contributed by atoms with van der Waals surface area (Å²) in [4.78, 5) is 15.0. The number of nitrogens with zero attached hydrogens (tertiary/aromatic N) is 4. The predicted octanol–water partition coefficient (Wildman–Crippen LogP) is 3.28. The minimum Gasteiger partial charge on any atom is -0.351 e. The first-order chi connectivity index (χ1) is 11.8. The Labute approximate surface area is 143 Å². The van der Waals surface area contributed by atoms with Gasteiger partial charge < -0.3 is 9.47 Å². The molecule has 0 radical (unpaired) electrons. The van der Waals surface area contributed by atoms with Crippen LogP contribution in [-0.4, -0.2) is 38.2 Å². The summed E-state index contributed by atoms with van der Waals surface area (Å²) >= 11 is 0. The van der Waals surface area contributed by atoms with Crippen LogP contribution in [0.25, 0.3) is 0 Å². The number of piperidine rings is 1. The fourth-order valence-electron chi connectivity index (χ4n) is 4.34. The molecule has 0 unspecified atom stereocenters. The molecule has 0 N–H and O–H groups in total. The van der Waals surface area contributed by atoms with E-state index in [1.54, 1.807) is 0 Å². The van der Waals surface area contributed by atoms with Crippen molar-refractivity contribution < 1.29 is 4.79 Å². The van der Waals surface area contributed by atoms with Crippen LogP contribution < -0.4 is 0 Å². The molecule has 4 rings (SSSR count). The zero-order chi connectivity index (χ0) is 16.4. The van der Waals surface area contributed by atoms with E-state index in [2.05, 4.69) is 39.1 Å². The van der Waals surface area contributed by atoms with Gasteiger partial charge in [-0.3, -0.25) is 9.48 Å². The molecule has 128 valence electrons. The summed E-state index contributed by atoms with van der Waals surface area (Å²) in [5, 5.41) is 4.36. The van der Waals surface area contributed by atoms with E-state index in [0.29, 0.717) is 18.0 Å². The van der Waals surface area contributed by atoms with Gasteiger partial charge in [-0.05, 0) is 56.7 Å². The normalized spacial score (nSPS) is 28.0. The molecule has 1 saturated heterocycles. The molecule has 3 heterocycles. The molecule has 2 aromatic heterocycles. The van der Waals surface area contributed by atoms with Crippen LogP contribution in [0.2, 0.25) is 0 Å². The number of rotatable bonds is 3. The molecular formula is C19H26N4O. The molecule has 2 aromatic rings. The van der Waals surface area contributed by atoms with Crippen molar-refractivity contribution in [2.45, 2.75) is 50.6 Å². The SMILES string of the molecule is O=C(C1CCC(n2cccc2)CC1)N1CCC[C@H](n2cccn2)C1. The van der Waals surface area contributed by atoms with E-state index in [9.17, 15) is 4.79 Å². The number of amides is 1. The zero-order valence-electron chi connectivity index (χ0n) is 14.1. The van der Waals surface area contributed by atoms with E-state index < -0.39 is 0 Å². The lowest BCUT2D eigenvalue weighted by Gasteiger charge is -2.37. The highest BCUT2D eigenvalue weighted by atomic mass is 16.2. The maximum atomic E-state index is 13.0. The van der Waals surface area contributed by atoms with Gasteiger partial charge in [0.1, 0.15) is 0 Å². The Morgan fingerprint density at radius 1 is 0.917 bits per heavy atom. The lowest BCUT2D eigenvalue weighted by atomic mass is 9.84. The molecule has 5 heteroatoms. The lowest BCUT2D eigenvalue weighted by Crippen LogP contribution is -2.44. The van der Waals surface area contributed by atoms with Crippen LogP contribution in [0.1, 0.15) is 50.6 Å². The molecule has 1 atom stereocenters. The summed E-state index contributed by atoms with van der Waals surface area (Å²) in [6.45, 7) is 1.73. The second kappa shape index (κ2) is 6.83. The van der Waals surface area contributed by atoms with E-state index in [4.69, 9.17) is 0 Å². The van der Waals surface area contributed by atoms with Crippen molar-refractivity contribution >= 4 is 5.91 Å². The Morgan fingerprint density at radius 3 is 2.42 bits per heavy atom. The van der Waals surface area contributed by atoms with Crippen molar-refractivity contribution in [3.05, 3.63) is 43.0 Å². The van der Waals surface area contributed by atoms with Crippen LogP contribution in [0, 0.1) is 5.92 Å². The Bertz CT molecular complexity index is 641. The minimum atomic E-state index is 0.216. The first-order valence-corrected chi connectivity index (χ1v) is 9.21. The van der Waals surface area contributed by atoms with Gasteiger partial charge in [-0.1, -0.05) is 0 Å². The van der Waals surface area contributed by atoms with Crippen molar-refractivity contribution in [3.63, 3.8) is 0 Å². The van der Waals surface area contributed by atoms with Gasteiger partial charge in [-0.2, -0.15) is 5.10 Å². The van der Waals surface area contributed by atoms with Gasteiger partial charge >= 0.3 is 0 Å². The topological polar surface area (TPSA) is 43.1 Å². The van der Waals surface area contributed by atoms with Gasteiger partial charge in [0.25, 0.3) is 0 Å². The number of hydrogen-bond acceptors (Lipinski definition) is 2. The van der Waals surface area contributed by atoms with Crippen molar-refractivity contribution in [2.24, 2.45) is 5.92 Å². The second-order valence-corrected chi connectivity index (χ2v) is 7.20. The van der Waals surface area contributed by atoms with Crippen LogP contribution >= 0.6 is 0 Å². The minimum absolute atomic E-state index is 0.216. The van der Waals surface area contributed by atoms with Crippen LogP contribution in [-0.2, 0) is 4.79 Å².